The van der Waals surface area contributed by atoms with Crippen molar-refractivity contribution >= 4 is 21.2 Å². The van der Waals surface area contributed by atoms with Crippen LogP contribution in [-0.2, 0) is 28.3 Å². The van der Waals surface area contributed by atoms with E-state index in [0.29, 0.717) is 11.4 Å². The normalized spacial score (nSPS) is 11.9. The van der Waals surface area contributed by atoms with E-state index in [1.807, 2.05) is 24.3 Å². The molecule has 0 radical (unpaired) electrons. The van der Waals surface area contributed by atoms with E-state index in [0.717, 1.165) is 23.5 Å². The summed E-state index contributed by atoms with van der Waals surface area (Å²) < 4.78 is 23.1. The molecule has 0 fully saturated rings. The van der Waals surface area contributed by atoms with Crippen LogP contribution in [0.3, 0.4) is 0 Å². The molecule has 0 heterocycles. The maximum Gasteiger partial charge on any atom is 0.175 e. The first-order chi connectivity index (χ1) is 14.1. The zero-order chi connectivity index (χ0) is 21.8. The molecule has 0 aliphatic heterocycles. The van der Waals surface area contributed by atoms with Crippen LogP contribution in [-0.4, -0.2) is 14.7 Å². The summed E-state index contributed by atoms with van der Waals surface area (Å²) in [6.45, 7) is 8.05. The van der Waals surface area contributed by atoms with Crippen LogP contribution in [0.25, 0.3) is 0 Å². The number of hydrogen-bond donors (Lipinski definition) is 2. The van der Waals surface area contributed by atoms with E-state index in [1.165, 1.54) is 17.4 Å². The minimum atomic E-state index is -3.16. The maximum absolute atomic E-state index is 11.6. The van der Waals surface area contributed by atoms with Crippen LogP contribution in [0.2, 0.25) is 0 Å². The highest BCUT2D eigenvalue weighted by atomic mass is 32.2. The summed E-state index contributed by atoms with van der Waals surface area (Å²) in [7, 11) is -3.16. The molecule has 5 heteroatoms. The van der Waals surface area contributed by atoms with Gasteiger partial charge in [-0.05, 0) is 52.4 Å². The summed E-state index contributed by atoms with van der Waals surface area (Å²) in [5.74, 6) is 0. The van der Waals surface area contributed by atoms with E-state index in [-0.39, 0.29) is 5.41 Å². The van der Waals surface area contributed by atoms with E-state index in [1.54, 1.807) is 12.1 Å². The van der Waals surface area contributed by atoms with Gasteiger partial charge in [0.05, 0.1) is 4.90 Å². The van der Waals surface area contributed by atoms with Crippen molar-refractivity contribution in [3.63, 3.8) is 0 Å². The molecule has 3 aromatic rings. The molecule has 0 saturated heterocycles. The minimum absolute atomic E-state index is 0.164. The van der Waals surface area contributed by atoms with Gasteiger partial charge in [-0.25, -0.2) is 8.42 Å². The van der Waals surface area contributed by atoms with Gasteiger partial charge in [-0.1, -0.05) is 63.2 Å². The first kappa shape index (κ1) is 21.9. The second-order valence-electron chi connectivity index (χ2n) is 8.65. The molecule has 0 atom stereocenters. The van der Waals surface area contributed by atoms with Crippen LogP contribution >= 0.6 is 0 Å². The monoisotopic (exact) mass is 422 g/mol. The van der Waals surface area contributed by atoms with Crippen molar-refractivity contribution in [3.05, 3.63) is 89.5 Å². The predicted octanol–water partition coefficient (Wildman–Crippen LogP) is 5.61. The van der Waals surface area contributed by atoms with Gasteiger partial charge in [0, 0.05) is 30.7 Å². The first-order valence-electron chi connectivity index (χ1n) is 10.1. The average Bonchev–Trinajstić information content (AvgIpc) is 2.70. The molecule has 0 unspecified atom stereocenters. The predicted molar refractivity (Wildman–Crippen MR) is 126 cm³/mol. The van der Waals surface area contributed by atoms with Crippen molar-refractivity contribution in [2.24, 2.45) is 0 Å². The van der Waals surface area contributed by atoms with Gasteiger partial charge in [0.25, 0.3) is 0 Å². The van der Waals surface area contributed by atoms with E-state index >= 15 is 0 Å². The molecule has 30 heavy (non-hydrogen) atoms. The van der Waals surface area contributed by atoms with Gasteiger partial charge >= 0.3 is 0 Å². The number of hydrogen-bond acceptors (Lipinski definition) is 4. The molecule has 0 amide bonds. The molecule has 0 aromatic heterocycles. The zero-order valence-corrected chi connectivity index (χ0v) is 18.9. The van der Waals surface area contributed by atoms with E-state index in [4.69, 9.17) is 0 Å². The fourth-order valence-corrected chi connectivity index (χ4v) is 3.75. The van der Waals surface area contributed by atoms with Gasteiger partial charge in [0.1, 0.15) is 0 Å². The molecule has 158 valence electrons. The molecular weight excluding hydrogens is 392 g/mol. The Balaban J connectivity index is 1.57. The molecule has 3 aromatic carbocycles. The van der Waals surface area contributed by atoms with E-state index in [2.05, 4.69) is 67.8 Å². The Bertz CT molecular complexity index is 1080. The number of rotatable bonds is 7. The van der Waals surface area contributed by atoms with Crippen molar-refractivity contribution in [2.45, 2.75) is 44.2 Å². The fraction of sp³-hybridized carbons (Fsp3) is 0.280. The molecule has 3 rings (SSSR count). The van der Waals surface area contributed by atoms with E-state index in [9.17, 15) is 8.42 Å². The van der Waals surface area contributed by atoms with Crippen molar-refractivity contribution < 1.29 is 8.42 Å². The molecule has 0 aliphatic carbocycles. The lowest BCUT2D eigenvalue weighted by atomic mass is 9.87. The van der Waals surface area contributed by atoms with Crippen LogP contribution in [0.15, 0.2) is 77.7 Å². The van der Waals surface area contributed by atoms with Crippen molar-refractivity contribution in [3.8, 4) is 0 Å². The van der Waals surface area contributed by atoms with Gasteiger partial charge in [-0.2, -0.15) is 0 Å². The molecule has 0 spiro atoms. The highest BCUT2D eigenvalue weighted by Gasteiger charge is 2.12. The molecular formula is C25H30N2O2S. The van der Waals surface area contributed by atoms with E-state index < -0.39 is 9.84 Å². The third-order valence-electron chi connectivity index (χ3n) is 5.03. The summed E-state index contributed by atoms with van der Waals surface area (Å²) in [5.41, 5.74) is 5.83. The van der Waals surface area contributed by atoms with Crippen LogP contribution < -0.4 is 10.6 Å². The van der Waals surface area contributed by atoms with Crippen molar-refractivity contribution in [1.29, 1.82) is 0 Å². The Morgan fingerprint density at radius 1 is 0.733 bits per heavy atom. The van der Waals surface area contributed by atoms with Gasteiger partial charge < -0.3 is 10.6 Å². The Morgan fingerprint density at radius 3 is 1.63 bits per heavy atom. The third-order valence-corrected chi connectivity index (χ3v) is 6.16. The minimum Gasteiger partial charge on any atom is -0.381 e. The Labute approximate surface area is 180 Å². The second kappa shape index (κ2) is 8.92. The molecule has 0 aliphatic rings. The van der Waals surface area contributed by atoms with Crippen molar-refractivity contribution in [2.75, 3.05) is 16.9 Å². The highest BCUT2D eigenvalue weighted by Crippen LogP contribution is 2.23. The molecule has 2 N–H and O–H groups in total. The first-order valence-corrected chi connectivity index (χ1v) is 12.0. The lowest BCUT2D eigenvalue weighted by molar-refractivity contribution is 0.590. The number of benzene rings is 3. The summed E-state index contributed by atoms with van der Waals surface area (Å²) in [6, 6.07) is 23.9. The van der Waals surface area contributed by atoms with Crippen molar-refractivity contribution in [1.82, 2.24) is 0 Å². The quantitative estimate of drug-likeness (QED) is 0.519. The van der Waals surface area contributed by atoms with Gasteiger partial charge in [-0.15, -0.1) is 0 Å². The maximum atomic E-state index is 11.6. The van der Waals surface area contributed by atoms with Crippen LogP contribution in [0.5, 0.6) is 0 Å². The smallest absolute Gasteiger partial charge is 0.175 e. The average molecular weight is 423 g/mol. The Morgan fingerprint density at radius 2 is 1.20 bits per heavy atom. The topological polar surface area (TPSA) is 58.2 Å². The summed E-state index contributed by atoms with van der Waals surface area (Å²) in [5, 5.41) is 6.87. The lowest BCUT2D eigenvalue weighted by Crippen LogP contribution is -2.11. The molecule has 4 nitrogen and oxygen atoms in total. The van der Waals surface area contributed by atoms with Crippen LogP contribution in [0.1, 0.15) is 37.5 Å². The number of nitrogens with one attached hydrogen (secondary N) is 2. The van der Waals surface area contributed by atoms with Crippen LogP contribution in [0, 0.1) is 0 Å². The summed E-state index contributed by atoms with van der Waals surface area (Å²) in [4.78, 5) is 0.341. The fourth-order valence-electron chi connectivity index (χ4n) is 3.12. The molecule has 0 bridgehead atoms. The number of sulfone groups is 1. The Hall–Kier alpha value is -2.79. The Kier molecular flexibility index (Phi) is 6.52. The number of anilines is 2. The standard InChI is InChI=1S/C25H30N2O2S/c1-25(2,3)21-12-8-19(9-13-21)17-26-22-6-5-7-23(16-22)27-18-20-10-14-24(15-11-20)30(4,28)29/h5-16,26-27H,17-18H2,1-4H3. The highest BCUT2D eigenvalue weighted by molar-refractivity contribution is 7.90. The van der Waals surface area contributed by atoms with Gasteiger partial charge in [0.15, 0.2) is 9.84 Å². The largest absolute Gasteiger partial charge is 0.381 e. The van der Waals surface area contributed by atoms with Crippen LogP contribution in [0.4, 0.5) is 11.4 Å². The summed E-state index contributed by atoms with van der Waals surface area (Å²) in [6.07, 6.45) is 1.22. The third kappa shape index (κ3) is 6.10. The SMILES string of the molecule is CC(C)(C)c1ccc(CNc2cccc(NCc3ccc(S(C)(=O)=O)cc3)c2)cc1. The van der Waals surface area contributed by atoms with Gasteiger partial charge in [0.2, 0.25) is 0 Å². The van der Waals surface area contributed by atoms with Gasteiger partial charge in [-0.3, -0.25) is 0 Å². The molecule has 0 saturated carbocycles. The second-order valence-corrected chi connectivity index (χ2v) is 10.7. The lowest BCUT2D eigenvalue weighted by Gasteiger charge is -2.19. The summed E-state index contributed by atoms with van der Waals surface area (Å²) >= 11 is 0. The zero-order valence-electron chi connectivity index (χ0n) is 18.1.